The Bertz CT molecular complexity index is 664. The Labute approximate surface area is 127 Å². The van der Waals surface area contributed by atoms with Gasteiger partial charge in [-0.05, 0) is 18.2 Å². The van der Waals surface area contributed by atoms with Crippen LogP contribution in [-0.2, 0) is 0 Å². The van der Waals surface area contributed by atoms with Gasteiger partial charge < -0.3 is 14.6 Å². The second kappa shape index (κ2) is 6.95. The molecule has 2 rings (SSSR count). The highest BCUT2D eigenvalue weighted by atomic mass is 35.5. The second-order valence-corrected chi connectivity index (χ2v) is 4.85. The molecule has 0 bridgehead atoms. The number of hydrogen-bond donors (Lipinski definition) is 1. The number of carbonyl (C=O) groups is 1. The number of aromatic nitrogens is 1. The van der Waals surface area contributed by atoms with Crippen LogP contribution in [-0.4, -0.2) is 36.0 Å². The second-order valence-electron chi connectivity index (χ2n) is 4.45. The van der Waals surface area contributed by atoms with E-state index >= 15 is 0 Å². The van der Waals surface area contributed by atoms with Gasteiger partial charge in [0.15, 0.2) is 0 Å². The lowest BCUT2D eigenvalue weighted by molar-refractivity contribution is 0.0773. The fourth-order valence-corrected chi connectivity index (χ4v) is 1.91. The highest BCUT2D eigenvalue weighted by Crippen LogP contribution is 2.22. The van der Waals surface area contributed by atoms with Crippen molar-refractivity contribution < 1.29 is 9.53 Å². The fourth-order valence-electron chi connectivity index (χ4n) is 1.72. The SMILES string of the molecule is CN(CCOc1ccccc1Cl)C(=O)c1ccc(=O)[nH]c1. The van der Waals surface area contributed by atoms with Crippen molar-refractivity contribution in [2.24, 2.45) is 0 Å². The maximum atomic E-state index is 12.1. The number of carbonyl (C=O) groups excluding carboxylic acids is 1. The van der Waals surface area contributed by atoms with E-state index in [-0.39, 0.29) is 11.5 Å². The Morgan fingerprint density at radius 1 is 1.29 bits per heavy atom. The minimum absolute atomic E-state index is 0.186. The van der Waals surface area contributed by atoms with Crippen LogP contribution in [0.3, 0.4) is 0 Å². The number of para-hydroxylation sites is 1. The van der Waals surface area contributed by atoms with Crippen LogP contribution in [0.2, 0.25) is 5.02 Å². The number of aromatic amines is 1. The molecular formula is C15H15ClN2O3. The van der Waals surface area contributed by atoms with Gasteiger partial charge in [-0.25, -0.2) is 0 Å². The molecule has 110 valence electrons. The molecule has 0 atom stereocenters. The lowest BCUT2D eigenvalue weighted by atomic mass is 10.2. The van der Waals surface area contributed by atoms with E-state index in [2.05, 4.69) is 4.98 Å². The van der Waals surface area contributed by atoms with Gasteiger partial charge in [0, 0.05) is 19.3 Å². The van der Waals surface area contributed by atoms with Crippen LogP contribution < -0.4 is 10.3 Å². The van der Waals surface area contributed by atoms with Crippen LogP contribution in [0.5, 0.6) is 5.75 Å². The Balaban J connectivity index is 1.88. The van der Waals surface area contributed by atoms with Gasteiger partial charge in [-0.15, -0.1) is 0 Å². The summed E-state index contributed by atoms with van der Waals surface area (Å²) >= 11 is 5.97. The molecule has 2 aromatic rings. The van der Waals surface area contributed by atoms with Gasteiger partial charge in [0.25, 0.3) is 5.91 Å². The first-order valence-electron chi connectivity index (χ1n) is 6.39. The fraction of sp³-hybridized carbons (Fsp3) is 0.200. The van der Waals surface area contributed by atoms with Gasteiger partial charge in [0.05, 0.1) is 17.1 Å². The first-order valence-corrected chi connectivity index (χ1v) is 6.77. The molecule has 1 heterocycles. The summed E-state index contributed by atoms with van der Waals surface area (Å²) in [6, 6.07) is 9.98. The van der Waals surface area contributed by atoms with E-state index < -0.39 is 0 Å². The normalized spacial score (nSPS) is 10.2. The maximum Gasteiger partial charge on any atom is 0.255 e. The molecule has 1 aromatic carbocycles. The van der Waals surface area contributed by atoms with E-state index in [0.29, 0.717) is 29.5 Å². The smallest absolute Gasteiger partial charge is 0.255 e. The zero-order chi connectivity index (χ0) is 15.2. The van der Waals surface area contributed by atoms with Crippen molar-refractivity contribution in [1.29, 1.82) is 0 Å². The maximum absolute atomic E-state index is 12.1. The molecule has 5 nitrogen and oxygen atoms in total. The van der Waals surface area contributed by atoms with E-state index in [1.807, 2.05) is 12.1 Å². The Hall–Kier alpha value is -2.27. The molecule has 0 aliphatic rings. The van der Waals surface area contributed by atoms with E-state index in [1.165, 1.54) is 23.2 Å². The van der Waals surface area contributed by atoms with Crippen molar-refractivity contribution in [2.75, 3.05) is 20.2 Å². The summed E-state index contributed by atoms with van der Waals surface area (Å²) in [7, 11) is 1.67. The molecular weight excluding hydrogens is 292 g/mol. The molecule has 0 aliphatic heterocycles. The van der Waals surface area contributed by atoms with Gasteiger partial charge >= 0.3 is 0 Å². The molecule has 6 heteroatoms. The van der Waals surface area contributed by atoms with Gasteiger partial charge in [-0.3, -0.25) is 9.59 Å². The summed E-state index contributed by atoms with van der Waals surface area (Å²) in [4.78, 5) is 27.0. The Kier molecular flexibility index (Phi) is 5.00. The van der Waals surface area contributed by atoms with Crippen LogP contribution in [0.1, 0.15) is 10.4 Å². The topological polar surface area (TPSA) is 62.4 Å². The summed E-state index contributed by atoms with van der Waals surface area (Å²) in [6.07, 6.45) is 1.40. The third-order valence-electron chi connectivity index (χ3n) is 2.90. The van der Waals surface area contributed by atoms with Gasteiger partial charge in [0.1, 0.15) is 12.4 Å². The number of H-pyrrole nitrogens is 1. The molecule has 21 heavy (non-hydrogen) atoms. The van der Waals surface area contributed by atoms with Crippen LogP contribution in [0.4, 0.5) is 0 Å². The lowest BCUT2D eigenvalue weighted by Crippen LogP contribution is -2.31. The Morgan fingerprint density at radius 2 is 2.05 bits per heavy atom. The van der Waals surface area contributed by atoms with Crippen LogP contribution in [0, 0.1) is 0 Å². The largest absolute Gasteiger partial charge is 0.490 e. The number of ether oxygens (including phenoxy) is 1. The first-order chi connectivity index (χ1) is 10.1. The number of nitrogens with zero attached hydrogens (tertiary/aromatic N) is 1. The van der Waals surface area contributed by atoms with E-state index in [4.69, 9.17) is 16.3 Å². The predicted molar refractivity (Wildman–Crippen MR) is 81.0 cm³/mol. The summed E-state index contributed by atoms with van der Waals surface area (Å²) in [5.41, 5.74) is 0.186. The summed E-state index contributed by atoms with van der Waals surface area (Å²) in [5, 5.41) is 0.534. The molecule has 0 fully saturated rings. The summed E-state index contributed by atoms with van der Waals surface area (Å²) in [5.74, 6) is 0.401. The van der Waals surface area contributed by atoms with Crippen molar-refractivity contribution in [3.05, 3.63) is 63.5 Å². The van der Waals surface area contributed by atoms with Gasteiger partial charge in [-0.1, -0.05) is 23.7 Å². The lowest BCUT2D eigenvalue weighted by Gasteiger charge is -2.17. The average Bonchev–Trinajstić information content (AvgIpc) is 2.49. The molecule has 1 amide bonds. The average molecular weight is 307 g/mol. The molecule has 0 radical (unpaired) electrons. The number of halogens is 1. The minimum Gasteiger partial charge on any atom is -0.490 e. The van der Waals surface area contributed by atoms with E-state index in [9.17, 15) is 9.59 Å². The molecule has 0 aliphatic carbocycles. The highest BCUT2D eigenvalue weighted by Gasteiger charge is 2.11. The number of pyridine rings is 1. The molecule has 0 saturated carbocycles. The highest BCUT2D eigenvalue weighted by molar-refractivity contribution is 6.32. The minimum atomic E-state index is -0.240. The molecule has 1 aromatic heterocycles. The monoisotopic (exact) mass is 306 g/mol. The zero-order valence-electron chi connectivity index (χ0n) is 11.5. The predicted octanol–water partition coefficient (Wildman–Crippen LogP) is 2.18. The van der Waals surface area contributed by atoms with Crippen molar-refractivity contribution in [2.45, 2.75) is 0 Å². The van der Waals surface area contributed by atoms with Gasteiger partial charge in [-0.2, -0.15) is 0 Å². The van der Waals surface area contributed by atoms with E-state index in [0.717, 1.165) is 0 Å². The molecule has 0 saturated heterocycles. The number of nitrogens with one attached hydrogen (secondary N) is 1. The number of likely N-dealkylation sites (N-methyl/N-ethyl adjacent to an activating group) is 1. The number of benzene rings is 1. The summed E-state index contributed by atoms with van der Waals surface area (Å²) < 4.78 is 5.53. The van der Waals surface area contributed by atoms with Crippen molar-refractivity contribution in [1.82, 2.24) is 9.88 Å². The molecule has 0 spiro atoms. The van der Waals surface area contributed by atoms with Crippen molar-refractivity contribution in [3.8, 4) is 5.75 Å². The number of hydrogen-bond acceptors (Lipinski definition) is 3. The molecule has 1 N–H and O–H groups in total. The Morgan fingerprint density at radius 3 is 2.71 bits per heavy atom. The van der Waals surface area contributed by atoms with Gasteiger partial charge in [0.2, 0.25) is 5.56 Å². The van der Waals surface area contributed by atoms with Crippen molar-refractivity contribution >= 4 is 17.5 Å². The van der Waals surface area contributed by atoms with Crippen LogP contribution in [0.25, 0.3) is 0 Å². The van der Waals surface area contributed by atoms with Crippen LogP contribution in [0.15, 0.2) is 47.4 Å². The third-order valence-corrected chi connectivity index (χ3v) is 3.21. The first kappa shape index (κ1) is 15.1. The number of amides is 1. The zero-order valence-corrected chi connectivity index (χ0v) is 12.3. The number of rotatable bonds is 5. The summed E-state index contributed by atoms with van der Waals surface area (Å²) in [6.45, 7) is 0.735. The standard InChI is InChI=1S/C15H15ClN2O3/c1-18(15(20)11-6-7-14(19)17-10-11)8-9-21-13-5-3-2-4-12(13)16/h2-7,10H,8-9H2,1H3,(H,17,19). The molecule has 0 unspecified atom stereocenters. The van der Waals surface area contributed by atoms with Crippen molar-refractivity contribution in [3.63, 3.8) is 0 Å². The van der Waals surface area contributed by atoms with E-state index in [1.54, 1.807) is 19.2 Å². The quantitative estimate of drug-likeness (QED) is 0.921. The third kappa shape index (κ3) is 4.10. The van der Waals surface area contributed by atoms with Crippen LogP contribution >= 0.6 is 11.6 Å².